The molecule has 0 unspecified atom stereocenters. The maximum absolute atomic E-state index is 11.1. The Labute approximate surface area is 144 Å². The number of imidazole rings is 1. The Morgan fingerprint density at radius 3 is 2.67 bits per heavy atom. The fourth-order valence-corrected chi connectivity index (χ4v) is 2.78. The van der Waals surface area contributed by atoms with E-state index in [4.69, 9.17) is 21.8 Å². The minimum absolute atomic E-state index is 0.189. The lowest BCUT2D eigenvalue weighted by Gasteiger charge is -2.12. The Balaban J connectivity index is 2.40. The highest BCUT2D eigenvalue weighted by atomic mass is 35.5. The number of nitrogens with zero attached hydrogens (tertiary/aromatic N) is 2. The van der Waals surface area contributed by atoms with Crippen LogP contribution in [0, 0.1) is 0 Å². The number of unbranched alkanes of at least 4 members (excludes halogenated alkanes) is 1. The molecule has 2 N–H and O–H groups in total. The predicted molar refractivity (Wildman–Crippen MR) is 89.7 cm³/mol. The van der Waals surface area contributed by atoms with Gasteiger partial charge in [0.2, 0.25) is 0 Å². The smallest absolute Gasteiger partial charge is 0.335 e. The van der Waals surface area contributed by atoms with Crippen LogP contribution in [0.5, 0.6) is 0 Å². The van der Waals surface area contributed by atoms with E-state index in [0.29, 0.717) is 18.7 Å². The van der Waals surface area contributed by atoms with Crippen molar-refractivity contribution in [2.45, 2.75) is 39.2 Å². The molecule has 0 fully saturated rings. The number of aromatic carboxylic acids is 1. The van der Waals surface area contributed by atoms with Crippen molar-refractivity contribution in [2.75, 3.05) is 0 Å². The number of carbonyl (C=O) groups is 2. The van der Waals surface area contributed by atoms with Gasteiger partial charge in [0, 0.05) is 13.0 Å². The normalized spacial score (nSPS) is 10.8. The van der Waals surface area contributed by atoms with Gasteiger partial charge in [0.1, 0.15) is 5.82 Å². The molecule has 0 amide bonds. The van der Waals surface area contributed by atoms with Crippen LogP contribution in [-0.2, 0) is 24.2 Å². The van der Waals surface area contributed by atoms with E-state index in [1.54, 1.807) is 22.8 Å². The largest absolute Gasteiger partial charge is 0.481 e. The maximum atomic E-state index is 11.1. The standard InChI is InChI=1S/C17H19ClN2O4/c1-2-3-7-14-19-16(18)13(9-15(21)22)20(14)10-11-5-4-6-12(8-11)17(23)24/h4-6,8H,2-3,7,9-10H2,1H3,(H,21,22)(H,23,24). The molecule has 1 aromatic carbocycles. The third-order valence-corrected chi connectivity index (χ3v) is 3.99. The van der Waals surface area contributed by atoms with Crippen molar-refractivity contribution in [3.05, 3.63) is 52.1 Å². The van der Waals surface area contributed by atoms with Gasteiger partial charge < -0.3 is 14.8 Å². The summed E-state index contributed by atoms with van der Waals surface area (Å²) >= 11 is 6.13. The molecule has 0 aliphatic rings. The first kappa shape index (κ1) is 18.0. The fourth-order valence-electron chi connectivity index (χ4n) is 2.51. The van der Waals surface area contributed by atoms with Gasteiger partial charge in [0.25, 0.3) is 0 Å². The molecule has 0 atom stereocenters. The number of aromatic nitrogens is 2. The number of carboxylic acid groups (broad SMARTS) is 2. The van der Waals surface area contributed by atoms with Crippen LogP contribution in [0.2, 0.25) is 5.15 Å². The third kappa shape index (κ3) is 4.35. The molecule has 128 valence electrons. The van der Waals surface area contributed by atoms with Crippen molar-refractivity contribution in [3.63, 3.8) is 0 Å². The van der Waals surface area contributed by atoms with Crippen LogP contribution in [0.25, 0.3) is 0 Å². The van der Waals surface area contributed by atoms with Crippen molar-refractivity contribution in [1.82, 2.24) is 9.55 Å². The van der Waals surface area contributed by atoms with Gasteiger partial charge in [0.15, 0.2) is 5.15 Å². The van der Waals surface area contributed by atoms with E-state index in [2.05, 4.69) is 11.9 Å². The number of carboxylic acids is 2. The molecule has 1 heterocycles. The molecule has 0 radical (unpaired) electrons. The number of hydrogen-bond donors (Lipinski definition) is 2. The van der Waals surface area contributed by atoms with Gasteiger partial charge >= 0.3 is 11.9 Å². The van der Waals surface area contributed by atoms with Gasteiger partial charge in [0.05, 0.1) is 17.7 Å². The molecule has 0 aliphatic heterocycles. The molecule has 2 aromatic rings. The Hall–Kier alpha value is -2.34. The molecule has 2 rings (SSSR count). The molecular weight excluding hydrogens is 332 g/mol. The summed E-state index contributed by atoms with van der Waals surface area (Å²) in [5, 5.41) is 18.4. The van der Waals surface area contributed by atoms with Crippen molar-refractivity contribution in [2.24, 2.45) is 0 Å². The first-order chi connectivity index (χ1) is 11.4. The topological polar surface area (TPSA) is 92.4 Å². The minimum Gasteiger partial charge on any atom is -0.481 e. The van der Waals surface area contributed by atoms with E-state index in [1.807, 2.05) is 0 Å². The predicted octanol–water partition coefficient (Wildman–Crippen LogP) is 3.25. The second-order valence-corrected chi connectivity index (χ2v) is 5.89. The van der Waals surface area contributed by atoms with E-state index >= 15 is 0 Å². The number of benzene rings is 1. The molecule has 6 nitrogen and oxygen atoms in total. The Kier molecular flexibility index (Phi) is 5.98. The van der Waals surface area contributed by atoms with Crippen molar-refractivity contribution >= 4 is 23.5 Å². The summed E-state index contributed by atoms with van der Waals surface area (Å²) in [4.78, 5) is 26.5. The summed E-state index contributed by atoms with van der Waals surface area (Å²) in [5.74, 6) is -1.27. The highest BCUT2D eigenvalue weighted by Gasteiger charge is 2.18. The lowest BCUT2D eigenvalue weighted by molar-refractivity contribution is -0.136. The first-order valence-electron chi connectivity index (χ1n) is 7.70. The number of aryl methyl sites for hydroxylation is 1. The van der Waals surface area contributed by atoms with Gasteiger partial charge in [-0.15, -0.1) is 0 Å². The minimum atomic E-state index is -1.00. The van der Waals surface area contributed by atoms with Crippen LogP contribution < -0.4 is 0 Å². The third-order valence-electron chi connectivity index (χ3n) is 3.69. The van der Waals surface area contributed by atoms with Crippen LogP contribution >= 0.6 is 11.6 Å². The second kappa shape index (κ2) is 7.97. The van der Waals surface area contributed by atoms with Crippen molar-refractivity contribution in [3.8, 4) is 0 Å². The second-order valence-electron chi connectivity index (χ2n) is 5.53. The highest BCUT2D eigenvalue weighted by molar-refractivity contribution is 6.30. The van der Waals surface area contributed by atoms with Crippen LogP contribution in [0.15, 0.2) is 24.3 Å². The maximum Gasteiger partial charge on any atom is 0.335 e. The molecule has 0 saturated carbocycles. The van der Waals surface area contributed by atoms with Crippen LogP contribution in [0.1, 0.15) is 47.2 Å². The van der Waals surface area contributed by atoms with Crippen LogP contribution in [0.3, 0.4) is 0 Å². The molecule has 0 saturated heterocycles. The van der Waals surface area contributed by atoms with Gasteiger partial charge in [-0.05, 0) is 24.1 Å². The lowest BCUT2D eigenvalue weighted by Crippen LogP contribution is -2.13. The van der Waals surface area contributed by atoms with E-state index in [0.717, 1.165) is 24.2 Å². The van der Waals surface area contributed by atoms with Gasteiger partial charge in [-0.3, -0.25) is 4.79 Å². The Bertz CT molecular complexity index is 755. The molecule has 0 bridgehead atoms. The molecule has 7 heteroatoms. The molecule has 1 aromatic heterocycles. The van der Waals surface area contributed by atoms with E-state index < -0.39 is 11.9 Å². The van der Waals surface area contributed by atoms with Crippen LogP contribution in [-0.4, -0.2) is 31.7 Å². The fraction of sp³-hybridized carbons (Fsp3) is 0.353. The van der Waals surface area contributed by atoms with Gasteiger partial charge in [-0.1, -0.05) is 37.1 Å². The Morgan fingerprint density at radius 2 is 2.04 bits per heavy atom. The number of rotatable bonds is 8. The van der Waals surface area contributed by atoms with Crippen LogP contribution in [0.4, 0.5) is 0 Å². The average molecular weight is 351 g/mol. The van der Waals surface area contributed by atoms with Crippen molar-refractivity contribution in [1.29, 1.82) is 0 Å². The highest BCUT2D eigenvalue weighted by Crippen LogP contribution is 2.22. The van der Waals surface area contributed by atoms with Gasteiger partial charge in [-0.2, -0.15) is 0 Å². The number of hydrogen-bond acceptors (Lipinski definition) is 3. The average Bonchev–Trinajstić information content (AvgIpc) is 2.81. The summed E-state index contributed by atoms with van der Waals surface area (Å²) < 4.78 is 1.78. The van der Waals surface area contributed by atoms with E-state index in [1.165, 1.54) is 6.07 Å². The molecule has 0 aliphatic carbocycles. The summed E-state index contributed by atoms with van der Waals surface area (Å²) in [5.41, 5.74) is 1.39. The summed E-state index contributed by atoms with van der Waals surface area (Å²) in [6, 6.07) is 6.56. The summed E-state index contributed by atoms with van der Waals surface area (Å²) in [6.07, 6.45) is 2.35. The molecule has 0 spiro atoms. The number of halogens is 1. The van der Waals surface area contributed by atoms with Gasteiger partial charge in [-0.25, -0.2) is 9.78 Å². The SMILES string of the molecule is CCCCc1nc(Cl)c(CC(=O)O)n1Cc1cccc(C(=O)O)c1. The summed E-state index contributed by atoms with van der Waals surface area (Å²) in [6.45, 7) is 2.39. The Morgan fingerprint density at radius 1 is 1.29 bits per heavy atom. The molecular formula is C17H19ClN2O4. The zero-order valence-electron chi connectivity index (χ0n) is 13.3. The van der Waals surface area contributed by atoms with Crippen molar-refractivity contribution < 1.29 is 19.8 Å². The first-order valence-corrected chi connectivity index (χ1v) is 8.08. The van der Waals surface area contributed by atoms with E-state index in [-0.39, 0.29) is 17.1 Å². The monoisotopic (exact) mass is 350 g/mol. The number of aliphatic carboxylic acids is 1. The molecule has 24 heavy (non-hydrogen) atoms. The quantitative estimate of drug-likeness (QED) is 0.762. The lowest BCUT2D eigenvalue weighted by atomic mass is 10.1. The van der Waals surface area contributed by atoms with E-state index in [9.17, 15) is 9.59 Å². The zero-order chi connectivity index (χ0) is 17.7. The zero-order valence-corrected chi connectivity index (χ0v) is 14.1. The summed E-state index contributed by atoms with van der Waals surface area (Å²) in [7, 11) is 0.